The van der Waals surface area contributed by atoms with E-state index in [9.17, 15) is 13.2 Å². The van der Waals surface area contributed by atoms with Crippen molar-refractivity contribution >= 4 is 5.96 Å². The number of aliphatic imine (C=N–C) groups is 1. The number of nitrogens with one attached hydrogen (secondary N) is 2. The Hall–Kier alpha value is -2.82. The highest BCUT2D eigenvalue weighted by atomic mass is 19.3. The van der Waals surface area contributed by atoms with Gasteiger partial charge in [0, 0.05) is 26.1 Å². The molecule has 1 atom stereocenters. The van der Waals surface area contributed by atoms with Gasteiger partial charge in [-0.05, 0) is 25.5 Å². The summed E-state index contributed by atoms with van der Waals surface area (Å²) in [6.45, 7) is 0.248. The van der Waals surface area contributed by atoms with E-state index in [1.165, 1.54) is 18.2 Å². The minimum Gasteiger partial charge on any atom is -0.434 e. The number of guanidine groups is 1. The van der Waals surface area contributed by atoms with Crippen molar-refractivity contribution < 1.29 is 22.6 Å². The monoisotopic (exact) mass is 426 g/mol. The number of hydrogen-bond acceptors (Lipinski definition) is 5. The summed E-state index contributed by atoms with van der Waals surface area (Å²) in [5.41, 5.74) is -0.0265. The minimum atomic E-state index is -3.04. The fourth-order valence-electron chi connectivity index (χ4n) is 3.24. The molecule has 2 heterocycles. The summed E-state index contributed by atoms with van der Waals surface area (Å²) in [4.78, 5) is 8.81. The predicted octanol–water partition coefficient (Wildman–Crippen LogP) is 2.24. The van der Waals surface area contributed by atoms with Gasteiger partial charge < -0.3 is 20.1 Å². The molecule has 0 amide bonds. The van der Waals surface area contributed by atoms with Crippen molar-refractivity contribution in [1.29, 1.82) is 0 Å². The summed E-state index contributed by atoms with van der Waals surface area (Å²) in [6, 6.07) is 3.84. The third-order valence-corrected chi connectivity index (χ3v) is 4.55. The van der Waals surface area contributed by atoms with Gasteiger partial charge in [-0.25, -0.2) is 19.0 Å². The van der Waals surface area contributed by atoms with Crippen LogP contribution in [-0.4, -0.2) is 47.0 Å². The Morgan fingerprint density at radius 3 is 2.97 bits per heavy atom. The van der Waals surface area contributed by atoms with Crippen LogP contribution in [0.25, 0.3) is 0 Å². The third-order valence-electron chi connectivity index (χ3n) is 4.55. The molecule has 1 aromatic carbocycles. The highest BCUT2D eigenvalue weighted by Gasteiger charge is 2.22. The quantitative estimate of drug-likeness (QED) is 0.498. The fraction of sp³-hybridized carbons (Fsp3) is 0.526. The summed E-state index contributed by atoms with van der Waals surface area (Å²) in [5, 5.41) is 10.8. The van der Waals surface area contributed by atoms with Crippen molar-refractivity contribution in [1.82, 2.24) is 25.4 Å². The van der Waals surface area contributed by atoms with Gasteiger partial charge in [-0.3, -0.25) is 0 Å². The molecule has 2 aromatic rings. The normalized spacial score (nSPS) is 16.5. The van der Waals surface area contributed by atoms with Crippen molar-refractivity contribution in [2.75, 3.05) is 13.7 Å². The number of ether oxygens (including phenoxy) is 2. The number of methoxy groups -OCH3 is 1. The molecule has 1 unspecified atom stereocenters. The van der Waals surface area contributed by atoms with Gasteiger partial charge in [-0.1, -0.05) is 6.07 Å². The van der Waals surface area contributed by atoms with E-state index in [2.05, 4.69) is 30.4 Å². The molecule has 3 rings (SSSR count). The first-order valence-corrected chi connectivity index (χ1v) is 9.68. The minimum absolute atomic E-state index is 0.0265. The molecule has 2 N–H and O–H groups in total. The van der Waals surface area contributed by atoms with E-state index in [4.69, 9.17) is 4.74 Å². The van der Waals surface area contributed by atoms with Gasteiger partial charge in [0.05, 0.1) is 18.7 Å². The van der Waals surface area contributed by atoms with Crippen LogP contribution in [0.15, 0.2) is 23.2 Å². The van der Waals surface area contributed by atoms with Gasteiger partial charge in [0.25, 0.3) is 0 Å². The SMILES string of the molecule is CCNC(=NCc1c(F)cccc1OC(F)F)NC1CCc2nc(COC)nn2C1. The molecule has 0 radical (unpaired) electrons. The smallest absolute Gasteiger partial charge is 0.387 e. The van der Waals surface area contributed by atoms with E-state index < -0.39 is 12.4 Å². The topological polar surface area (TPSA) is 85.6 Å². The molecule has 0 saturated carbocycles. The molecule has 1 aliphatic heterocycles. The molecular formula is C19H25F3N6O2. The van der Waals surface area contributed by atoms with Crippen molar-refractivity contribution in [3.8, 4) is 5.75 Å². The summed E-state index contributed by atoms with van der Waals surface area (Å²) in [5.74, 6) is 1.12. The molecule has 0 fully saturated rings. The number of nitrogens with zero attached hydrogens (tertiary/aromatic N) is 4. The van der Waals surface area contributed by atoms with Crippen LogP contribution in [0.1, 0.15) is 30.6 Å². The average molecular weight is 426 g/mol. The molecule has 1 aromatic heterocycles. The van der Waals surface area contributed by atoms with Crippen LogP contribution in [-0.2, 0) is 30.9 Å². The van der Waals surface area contributed by atoms with Crippen LogP contribution >= 0.6 is 0 Å². The zero-order valence-corrected chi connectivity index (χ0v) is 16.9. The van der Waals surface area contributed by atoms with Gasteiger partial charge in [0.15, 0.2) is 11.8 Å². The second kappa shape index (κ2) is 10.3. The Morgan fingerprint density at radius 2 is 2.23 bits per heavy atom. The van der Waals surface area contributed by atoms with Crippen molar-refractivity contribution in [2.24, 2.45) is 4.99 Å². The lowest BCUT2D eigenvalue weighted by atomic mass is 10.1. The molecule has 11 heteroatoms. The number of halogens is 3. The molecule has 30 heavy (non-hydrogen) atoms. The standard InChI is InChI=1S/C19H25F3N6O2/c1-3-23-19(24-9-13-14(20)5-4-6-15(13)30-18(21)22)25-12-7-8-17-26-16(11-29-2)27-28(17)10-12/h4-6,12,18H,3,7-11H2,1-2H3,(H2,23,24,25). The molecule has 8 nitrogen and oxygen atoms in total. The number of benzene rings is 1. The molecule has 0 saturated heterocycles. The summed E-state index contributed by atoms with van der Waals surface area (Å²) in [7, 11) is 1.59. The van der Waals surface area contributed by atoms with E-state index in [1.54, 1.807) is 7.11 Å². The van der Waals surface area contributed by atoms with Crippen molar-refractivity contribution in [3.05, 3.63) is 41.2 Å². The Balaban J connectivity index is 1.70. The van der Waals surface area contributed by atoms with Crippen LogP contribution in [0.3, 0.4) is 0 Å². The summed E-state index contributed by atoms with van der Waals surface area (Å²) >= 11 is 0. The van der Waals surface area contributed by atoms with Crippen LogP contribution in [0, 0.1) is 5.82 Å². The van der Waals surface area contributed by atoms with E-state index in [-0.39, 0.29) is 23.9 Å². The number of alkyl halides is 2. The van der Waals surface area contributed by atoms with Gasteiger partial charge >= 0.3 is 6.61 Å². The lowest BCUT2D eigenvalue weighted by Gasteiger charge is -2.25. The first-order valence-electron chi connectivity index (χ1n) is 9.68. The van der Waals surface area contributed by atoms with Crippen molar-refractivity contribution in [2.45, 2.75) is 52.1 Å². The third kappa shape index (κ3) is 5.62. The van der Waals surface area contributed by atoms with E-state index in [1.807, 2.05) is 11.6 Å². The van der Waals surface area contributed by atoms with E-state index in [0.29, 0.717) is 31.5 Å². The number of aryl methyl sites for hydroxylation is 1. The Bertz CT molecular complexity index is 874. The lowest BCUT2D eigenvalue weighted by molar-refractivity contribution is -0.0506. The predicted molar refractivity (Wildman–Crippen MR) is 104 cm³/mol. The van der Waals surface area contributed by atoms with Crippen LogP contribution in [0.2, 0.25) is 0 Å². The van der Waals surface area contributed by atoms with E-state index in [0.717, 1.165) is 18.7 Å². The molecule has 0 spiro atoms. The maximum Gasteiger partial charge on any atom is 0.387 e. The van der Waals surface area contributed by atoms with Gasteiger partial charge in [-0.2, -0.15) is 13.9 Å². The Morgan fingerprint density at radius 1 is 1.40 bits per heavy atom. The number of fused-ring (bicyclic) bond motifs is 1. The van der Waals surface area contributed by atoms with Gasteiger partial charge in [-0.15, -0.1) is 0 Å². The van der Waals surface area contributed by atoms with Crippen LogP contribution < -0.4 is 15.4 Å². The largest absolute Gasteiger partial charge is 0.434 e. The maximum atomic E-state index is 14.2. The molecule has 1 aliphatic rings. The van der Waals surface area contributed by atoms with Gasteiger partial charge in [0.2, 0.25) is 0 Å². The van der Waals surface area contributed by atoms with Crippen LogP contribution in [0.4, 0.5) is 13.2 Å². The molecule has 0 bridgehead atoms. The van der Waals surface area contributed by atoms with E-state index >= 15 is 0 Å². The lowest BCUT2D eigenvalue weighted by Crippen LogP contribution is -2.47. The first-order chi connectivity index (χ1) is 14.5. The second-order valence-corrected chi connectivity index (χ2v) is 6.73. The molecule has 164 valence electrons. The Labute approximate surface area is 172 Å². The fourth-order valence-corrected chi connectivity index (χ4v) is 3.24. The summed E-state index contributed by atoms with van der Waals surface area (Å²) < 4.78 is 50.7. The zero-order chi connectivity index (χ0) is 21.5. The zero-order valence-electron chi connectivity index (χ0n) is 16.9. The summed E-state index contributed by atoms with van der Waals surface area (Å²) in [6.07, 6.45) is 1.56. The maximum absolute atomic E-state index is 14.2. The number of rotatable bonds is 8. The highest BCUT2D eigenvalue weighted by Crippen LogP contribution is 2.24. The Kier molecular flexibility index (Phi) is 7.50. The average Bonchev–Trinajstić information content (AvgIpc) is 3.09. The molecule has 0 aliphatic carbocycles. The van der Waals surface area contributed by atoms with Gasteiger partial charge in [0.1, 0.15) is 24.0 Å². The second-order valence-electron chi connectivity index (χ2n) is 6.73. The number of aromatic nitrogens is 3. The number of hydrogen-bond donors (Lipinski definition) is 2. The van der Waals surface area contributed by atoms with Crippen molar-refractivity contribution in [3.63, 3.8) is 0 Å². The molecular weight excluding hydrogens is 401 g/mol. The van der Waals surface area contributed by atoms with Crippen LogP contribution in [0.5, 0.6) is 5.75 Å². The first kappa shape index (κ1) is 21.9. The highest BCUT2D eigenvalue weighted by molar-refractivity contribution is 5.80.